The van der Waals surface area contributed by atoms with E-state index >= 15 is 0 Å². The fourth-order valence-electron chi connectivity index (χ4n) is 6.32. The lowest BCUT2D eigenvalue weighted by Crippen LogP contribution is -2.32. The number of halogens is 1. The summed E-state index contributed by atoms with van der Waals surface area (Å²) in [5.41, 5.74) is 6.15. The largest absolute Gasteiger partial charge is 0.374 e. The predicted molar refractivity (Wildman–Crippen MR) is 197 cm³/mol. The van der Waals surface area contributed by atoms with E-state index < -0.39 is 5.60 Å². The number of benzene rings is 6. The molecule has 0 aliphatic rings. The average Bonchev–Trinajstić information content (AvgIpc) is 3.18. The van der Waals surface area contributed by atoms with Crippen molar-refractivity contribution in [3.05, 3.63) is 192 Å². The molecule has 2 heterocycles. The Balaban J connectivity index is 1.51. The maximum atomic E-state index is 13.5. The number of fused-ring (bicyclic) bond motifs is 1. The molecule has 0 aliphatic heterocycles. The molecule has 8 aromatic rings. The van der Waals surface area contributed by atoms with E-state index in [1.165, 1.54) is 0 Å². The monoisotopic (exact) mass is 652 g/mol. The second kappa shape index (κ2) is 12.9. The third kappa shape index (κ3) is 5.65. The van der Waals surface area contributed by atoms with E-state index in [4.69, 9.17) is 31.5 Å². The van der Waals surface area contributed by atoms with Crippen molar-refractivity contribution in [1.82, 2.24) is 19.9 Å². The molecular weight excluding hydrogens is 624 g/mol. The molecule has 1 unspecified atom stereocenters. The quantitative estimate of drug-likeness (QED) is 0.185. The summed E-state index contributed by atoms with van der Waals surface area (Å²) in [4.78, 5) is 20.7. The number of aromatic nitrogens is 4. The number of hydrogen-bond acceptors (Lipinski definition) is 5. The SMILES string of the molecule is OC(c1ccccc1)(c1ccccc1-c1cccc(Cl)c1)c1nc2nc(-c3ccccc3)nc(-c3ccccc3)c2nc1-c1ccccc1. The van der Waals surface area contributed by atoms with Crippen LogP contribution in [-0.2, 0) is 5.60 Å². The summed E-state index contributed by atoms with van der Waals surface area (Å²) in [5.74, 6) is 0.516. The summed E-state index contributed by atoms with van der Waals surface area (Å²) < 4.78 is 0. The first-order valence-electron chi connectivity index (χ1n) is 16.0. The second-order valence-electron chi connectivity index (χ2n) is 11.7. The number of rotatable bonds is 7. The number of nitrogens with zero attached hydrogens (tertiary/aromatic N) is 4. The lowest BCUT2D eigenvalue weighted by molar-refractivity contribution is 0.122. The topological polar surface area (TPSA) is 71.8 Å². The van der Waals surface area contributed by atoms with Gasteiger partial charge in [0.15, 0.2) is 17.1 Å². The van der Waals surface area contributed by atoms with E-state index in [2.05, 4.69) is 0 Å². The first-order chi connectivity index (χ1) is 24.1. The fraction of sp³-hybridized carbons (Fsp3) is 0.0233. The number of hydrogen-bond donors (Lipinski definition) is 1. The predicted octanol–water partition coefficient (Wildman–Crippen LogP) is 10.0. The molecule has 1 atom stereocenters. The fourth-order valence-corrected chi connectivity index (χ4v) is 6.51. The van der Waals surface area contributed by atoms with Crippen LogP contribution >= 0.6 is 11.6 Å². The van der Waals surface area contributed by atoms with Crippen LogP contribution in [0.5, 0.6) is 0 Å². The van der Waals surface area contributed by atoms with Gasteiger partial charge >= 0.3 is 0 Å². The van der Waals surface area contributed by atoms with Crippen LogP contribution < -0.4 is 0 Å². The third-order valence-electron chi connectivity index (χ3n) is 8.64. The van der Waals surface area contributed by atoms with Crippen molar-refractivity contribution >= 4 is 22.8 Å². The Labute approximate surface area is 289 Å². The molecule has 0 saturated heterocycles. The molecule has 2 aromatic heterocycles. The van der Waals surface area contributed by atoms with Gasteiger partial charge in [0.05, 0.1) is 5.69 Å². The molecule has 0 radical (unpaired) electrons. The van der Waals surface area contributed by atoms with Gasteiger partial charge in [-0.1, -0.05) is 169 Å². The summed E-state index contributed by atoms with van der Waals surface area (Å²) in [7, 11) is 0. The highest BCUT2D eigenvalue weighted by Crippen LogP contribution is 2.45. The van der Waals surface area contributed by atoms with Crippen molar-refractivity contribution in [2.75, 3.05) is 0 Å². The smallest absolute Gasteiger partial charge is 0.183 e. The van der Waals surface area contributed by atoms with Crippen LogP contribution in [0.1, 0.15) is 16.8 Å². The van der Waals surface area contributed by atoms with E-state index in [9.17, 15) is 5.11 Å². The van der Waals surface area contributed by atoms with Gasteiger partial charge in [-0.15, -0.1) is 0 Å². The standard InChI is InChI=1S/C43H29ClN4O/c44-34-25-15-22-32(28-34)35-26-13-14-27-36(35)43(49,33-23-11-4-12-24-33)40-38(30-18-7-2-8-19-30)45-39-37(29-16-5-1-6-17-29)46-41(48-42(39)47-40)31-20-9-3-10-21-31/h1-28,49H. The van der Waals surface area contributed by atoms with Crippen LogP contribution in [0, 0.1) is 0 Å². The Morgan fingerprint density at radius 3 is 1.67 bits per heavy atom. The molecule has 1 N–H and O–H groups in total. The minimum atomic E-state index is -1.77. The van der Waals surface area contributed by atoms with Crippen molar-refractivity contribution in [2.45, 2.75) is 5.60 Å². The van der Waals surface area contributed by atoms with E-state index in [0.717, 1.165) is 27.8 Å². The highest BCUT2D eigenvalue weighted by atomic mass is 35.5. The summed E-state index contributed by atoms with van der Waals surface area (Å²) >= 11 is 6.50. The summed E-state index contributed by atoms with van der Waals surface area (Å²) in [6.07, 6.45) is 0. The van der Waals surface area contributed by atoms with Gasteiger partial charge in [0.1, 0.15) is 16.9 Å². The molecule has 49 heavy (non-hydrogen) atoms. The molecule has 8 rings (SSSR count). The molecule has 0 saturated carbocycles. The highest BCUT2D eigenvalue weighted by Gasteiger charge is 2.41. The van der Waals surface area contributed by atoms with Gasteiger partial charge in [0.25, 0.3) is 0 Å². The maximum absolute atomic E-state index is 13.5. The van der Waals surface area contributed by atoms with Crippen molar-refractivity contribution in [2.24, 2.45) is 0 Å². The van der Waals surface area contributed by atoms with Crippen molar-refractivity contribution < 1.29 is 5.11 Å². The zero-order chi connectivity index (χ0) is 33.2. The van der Waals surface area contributed by atoms with Gasteiger partial charge in [-0.05, 0) is 28.8 Å². The van der Waals surface area contributed by atoms with Crippen molar-refractivity contribution in [1.29, 1.82) is 0 Å². The Bertz CT molecular complexity index is 2410. The van der Waals surface area contributed by atoms with Crippen molar-refractivity contribution in [3.8, 4) is 45.0 Å². The van der Waals surface area contributed by atoms with Crippen LogP contribution in [0.2, 0.25) is 5.02 Å². The minimum absolute atomic E-state index is 0.351. The zero-order valence-corrected chi connectivity index (χ0v) is 27.0. The van der Waals surface area contributed by atoms with Gasteiger partial charge < -0.3 is 5.11 Å². The van der Waals surface area contributed by atoms with E-state index in [0.29, 0.717) is 50.2 Å². The van der Waals surface area contributed by atoms with Crippen LogP contribution in [-0.4, -0.2) is 25.0 Å². The summed E-state index contributed by atoms with van der Waals surface area (Å²) in [6.45, 7) is 0. The van der Waals surface area contributed by atoms with E-state index in [-0.39, 0.29) is 0 Å². The molecule has 0 amide bonds. The molecule has 234 valence electrons. The first kappa shape index (κ1) is 30.3. The van der Waals surface area contributed by atoms with Crippen LogP contribution in [0.25, 0.3) is 56.2 Å². The lowest BCUT2D eigenvalue weighted by atomic mass is 9.78. The van der Waals surface area contributed by atoms with E-state index in [1.807, 2.05) is 170 Å². The molecule has 6 aromatic carbocycles. The molecule has 0 fully saturated rings. The highest BCUT2D eigenvalue weighted by molar-refractivity contribution is 6.30. The van der Waals surface area contributed by atoms with Gasteiger partial charge in [-0.2, -0.15) is 0 Å². The van der Waals surface area contributed by atoms with Crippen LogP contribution in [0.4, 0.5) is 0 Å². The zero-order valence-electron chi connectivity index (χ0n) is 26.3. The first-order valence-corrected chi connectivity index (χ1v) is 16.4. The molecule has 0 aliphatic carbocycles. The van der Waals surface area contributed by atoms with E-state index in [1.54, 1.807) is 0 Å². The Kier molecular flexibility index (Phi) is 7.98. The summed E-state index contributed by atoms with van der Waals surface area (Å²) in [6, 6.07) is 54.7. The maximum Gasteiger partial charge on any atom is 0.183 e. The third-order valence-corrected chi connectivity index (χ3v) is 8.88. The Hall–Kier alpha value is -6.01. The second-order valence-corrected chi connectivity index (χ2v) is 12.2. The van der Waals surface area contributed by atoms with Crippen molar-refractivity contribution in [3.63, 3.8) is 0 Å². The average molecular weight is 653 g/mol. The lowest BCUT2D eigenvalue weighted by Gasteiger charge is -2.32. The molecule has 0 spiro atoms. The molecule has 6 heteroatoms. The number of aliphatic hydroxyl groups is 1. The Morgan fingerprint density at radius 2 is 1.02 bits per heavy atom. The normalized spacial score (nSPS) is 12.4. The molecule has 0 bridgehead atoms. The van der Waals surface area contributed by atoms with Crippen LogP contribution in [0.15, 0.2) is 170 Å². The summed E-state index contributed by atoms with van der Waals surface area (Å²) in [5, 5.41) is 14.1. The van der Waals surface area contributed by atoms with Gasteiger partial charge in [0.2, 0.25) is 0 Å². The van der Waals surface area contributed by atoms with Crippen LogP contribution in [0.3, 0.4) is 0 Å². The minimum Gasteiger partial charge on any atom is -0.374 e. The van der Waals surface area contributed by atoms with Gasteiger partial charge in [-0.25, -0.2) is 19.9 Å². The molecular formula is C43H29ClN4O. The molecule has 5 nitrogen and oxygen atoms in total. The van der Waals surface area contributed by atoms with Gasteiger partial charge in [0, 0.05) is 27.3 Å². The Morgan fingerprint density at radius 1 is 0.469 bits per heavy atom. The van der Waals surface area contributed by atoms with Gasteiger partial charge in [-0.3, -0.25) is 0 Å².